The molecule has 186 valence electrons. The SMILES string of the molecule is COc1ccc(CNc2oc(-c3ccc(OC)cc3)nc2S(=O)(=O)c2ccc3c(c2)OCCO3)cc1. The fourth-order valence-electron chi connectivity index (χ4n) is 3.69. The molecule has 0 atom stereocenters. The number of nitrogens with zero attached hydrogens (tertiary/aromatic N) is 1. The Kier molecular flexibility index (Phi) is 6.43. The molecule has 9 nitrogen and oxygen atoms in total. The van der Waals surface area contributed by atoms with Gasteiger partial charge in [-0.05, 0) is 54.1 Å². The molecule has 0 unspecified atom stereocenters. The molecular weight excluding hydrogens is 484 g/mol. The van der Waals surface area contributed by atoms with Gasteiger partial charge in [0.15, 0.2) is 11.5 Å². The summed E-state index contributed by atoms with van der Waals surface area (Å²) in [6, 6.07) is 18.9. The van der Waals surface area contributed by atoms with Crippen LogP contribution in [0.2, 0.25) is 0 Å². The molecule has 0 bridgehead atoms. The highest BCUT2D eigenvalue weighted by atomic mass is 32.2. The summed E-state index contributed by atoms with van der Waals surface area (Å²) in [6.45, 7) is 1.06. The highest BCUT2D eigenvalue weighted by Crippen LogP contribution is 2.37. The molecule has 1 aliphatic heterocycles. The van der Waals surface area contributed by atoms with Crippen molar-refractivity contribution >= 4 is 15.7 Å². The zero-order chi connectivity index (χ0) is 25.1. The average Bonchev–Trinajstić information content (AvgIpc) is 3.37. The number of sulfone groups is 1. The van der Waals surface area contributed by atoms with E-state index in [2.05, 4.69) is 10.3 Å². The first-order valence-corrected chi connectivity index (χ1v) is 12.6. The van der Waals surface area contributed by atoms with Gasteiger partial charge in [-0.15, -0.1) is 0 Å². The zero-order valence-corrected chi connectivity index (χ0v) is 20.5. The molecule has 4 aromatic rings. The Hall–Kier alpha value is -4.18. The highest BCUT2D eigenvalue weighted by molar-refractivity contribution is 7.91. The first kappa shape index (κ1) is 23.6. The van der Waals surface area contributed by atoms with Crippen molar-refractivity contribution in [2.45, 2.75) is 16.5 Å². The van der Waals surface area contributed by atoms with Crippen LogP contribution >= 0.6 is 0 Å². The summed E-state index contributed by atoms with van der Waals surface area (Å²) in [5.41, 5.74) is 1.51. The largest absolute Gasteiger partial charge is 0.497 e. The van der Waals surface area contributed by atoms with E-state index in [0.29, 0.717) is 42.6 Å². The number of ether oxygens (including phenoxy) is 4. The van der Waals surface area contributed by atoms with Crippen molar-refractivity contribution in [3.63, 3.8) is 0 Å². The van der Waals surface area contributed by atoms with E-state index in [1.807, 2.05) is 24.3 Å². The van der Waals surface area contributed by atoms with E-state index in [0.717, 1.165) is 11.3 Å². The number of hydrogen-bond acceptors (Lipinski definition) is 9. The normalized spacial score (nSPS) is 12.7. The summed E-state index contributed by atoms with van der Waals surface area (Å²) in [5.74, 6) is 2.44. The maximum atomic E-state index is 13.7. The van der Waals surface area contributed by atoms with Crippen LogP contribution in [0.3, 0.4) is 0 Å². The van der Waals surface area contributed by atoms with Gasteiger partial charge >= 0.3 is 0 Å². The van der Waals surface area contributed by atoms with Crippen molar-refractivity contribution in [3.8, 4) is 34.5 Å². The van der Waals surface area contributed by atoms with E-state index in [4.69, 9.17) is 23.4 Å². The number of benzene rings is 3. The van der Waals surface area contributed by atoms with Crippen LogP contribution in [0.1, 0.15) is 5.56 Å². The molecule has 0 saturated heterocycles. The van der Waals surface area contributed by atoms with E-state index >= 15 is 0 Å². The Labute approximate surface area is 208 Å². The number of rotatable bonds is 8. The van der Waals surface area contributed by atoms with Crippen molar-refractivity contribution in [3.05, 3.63) is 72.3 Å². The summed E-state index contributed by atoms with van der Waals surface area (Å²) in [6.07, 6.45) is 0. The van der Waals surface area contributed by atoms with Crippen molar-refractivity contribution < 1.29 is 31.8 Å². The van der Waals surface area contributed by atoms with Crippen LogP contribution in [0.4, 0.5) is 5.88 Å². The number of anilines is 1. The second-order valence-electron chi connectivity index (χ2n) is 7.89. The Balaban J connectivity index is 1.52. The topological polar surface area (TPSA) is 109 Å². The summed E-state index contributed by atoms with van der Waals surface area (Å²) >= 11 is 0. The smallest absolute Gasteiger partial charge is 0.234 e. The van der Waals surface area contributed by atoms with Crippen molar-refractivity contribution in [1.82, 2.24) is 4.98 Å². The van der Waals surface area contributed by atoms with Gasteiger partial charge < -0.3 is 28.7 Å². The number of nitrogens with one attached hydrogen (secondary N) is 1. The molecule has 1 aliphatic rings. The lowest BCUT2D eigenvalue weighted by Gasteiger charge is -2.18. The molecule has 1 N–H and O–H groups in total. The van der Waals surface area contributed by atoms with Crippen molar-refractivity contribution in [2.24, 2.45) is 0 Å². The second kappa shape index (κ2) is 9.82. The molecule has 0 radical (unpaired) electrons. The number of hydrogen-bond donors (Lipinski definition) is 1. The number of methoxy groups -OCH3 is 2. The van der Waals surface area contributed by atoms with Crippen LogP contribution in [0.25, 0.3) is 11.5 Å². The molecule has 0 fully saturated rings. The minimum atomic E-state index is -4.07. The molecule has 0 saturated carbocycles. The zero-order valence-electron chi connectivity index (χ0n) is 19.7. The quantitative estimate of drug-likeness (QED) is 0.366. The molecule has 10 heteroatoms. The van der Waals surface area contributed by atoms with Gasteiger partial charge in [0.25, 0.3) is 0 Å². The van der Waals surface area contributed by atoms with Crippen LogP contribution in [0.5, 0.6) is 23.0 Å². The Morgan fingerprint density at radius 3 is 2.17 bits per heavy atom. The summed E-state index contributed by atoms with van der Waals surface area (Å²) in [5, 5.41) is 2.86. The second-order valence-corrected chi connectivity index (χ2v) is 9.76. The summed E-state index contributed by atoms with van der Waals surface area (Å²) in [4.78, 5) is 4.41. The monoisotopic (exact) mass is 508 g/mol. The summed E-state index contributed by atoms with van der Waals surface area (Å²) < 4.78 is 54.8. The molecule has 2 heterocycles. The van der Waals surface area contributed by atoms with Gasteiger partial charge in [0, 0.05) is 18.2 Å². The van der Waals surface area contributed by atoms with E-state index in [9.17, 15) is 8.42 Å². The third-order valence-corrected chi connectivity index (χ3v) is 7.28. The summed E-state index contributed by atoms with van der Waals surface area (Å²) in [7, 11) is -0.902. The highest BCUT2D eigenvalue weighted by Gasteiger charge is 2.30. The predicted molar refractivity (Wildman–Crippen MR) is 132 cm³/mol. The third kappa shape index (κ3) is 4.67. The number of aromatic nitrogens is 1. The van der Waals surface area contributed by atoms with Crippen LogP contribution < -0.4 is 24.3 Å². The van der Waals surface area contributed by atoms with E-state index in [-0.39, 0.29) is 21.7 Å². The van der Waals surface area contributed by atoms with E-state index < -0.39 is 9.84 Å². The maximum Gasteiger partial charge on any atom is 0.234 e. The lowest BCUT2D eigenvalue weighted by molar-refractivity contribution is 0.171. The van der Waals surface area contributed by atoms with E-state index in [1.165, 1.54) is 12.1 Å². The molecule has 3 aromatic carbocycles. The Morgan fingerprint density at radius 1 is 0.861 bits per heavy atom. The van der Waals surface area contributed by atoms with E-state index in [1.54, 1.807) is 44.6 Å². The molecule has 0 aliphatic carbocycles. The molecule has 36 heavy (non-hydrogen) atoms. The van der Waals surface area contributed by atoms with Gasteiger partial charge in [0.2, 0.25) is 26.6 Å². The Morgan fingerprint density at radius 2 is 1.50 bits per heavy atom. The molecule has 1 aromatic heterocycles. The molecule has 5 rings (SSSR count). The fourth-order valence-corrected chi connectivity index (χ4v) is 4.98. The van der Waals surface area contributed by atoms with Gasteiger partial charge in [0.1, 0.15) is 24.7 Å². The van der Waals surface area contributed by atoms with Crippen LogP contribution in [0, 0.1) is 0 Å². The number of fused-ring (bicyclic) bond motifs is 1. The third-order valence-electron chi connectivity index (χ3n) is 5.62. The minimum absolute atomic E-state index is 0.0221. The first-order chi connectivity index (χ1) is 17.5. The lowest BCUT2D eigenvalue weighted by Crippen LogP contribution is -2.16. The molecule has 0 spiro atoms. The lowest BCUT2D eigenvalue weighted by atomic mass is 10.2. The van der Waals surface area contributed by atoms with Gasteiger partial charge in [-0.2, -0.15) is 4.98 Å². The fraction of sp³-hybridized carbons (Fsp3) is 0.192. The van der Waals surface area contributed by atoms with Gasteiger partial charge in [-0.1, -0.05) is 12.1 Å². The van der Waals surface area contributed by atoms with Crippen LogP contribution in [-0.2, 0) is 16.4 Å². The van der Waals surface area contributed by atoms with Crippen LogP contribution in [0.15, 0.2) is 81.1 Å². The maximum absolute atomic E-state index is 13.7. The van der Waals surface area contributed by atoms with Gasteiger partial charge in [0.05, 0.1) is 19.1 Å². The average molecular weight is 509 g/mol. The molecule has 0 amide bonds. The first-order valence-electron chi connectivity index (χ1n) is 11.1. The van der Waals surface area contributed by atoms with Crippen LogP contribution in [-0.4, -0.2) is 40.8 Å². The van der Waals surface area contributed by atoms with Gasteiger partial charge in [-0.3, -0.25) is 0 Å². The van der Waals surface area contributed by atoms with Crippen molar-refractivity contribution in [1.29, 1.82) is 0 Å². The van der Waals surface area contributed by atoms with Gasteiger partial charge in [-0.25, -0.2) is 8.42 Å². The Bertz CT molecular complexity index is 1460. The van der Waals surface area contributed by atoms with Crippen molar-refractivity contribution in [2.75, 3.05) is 32.8 Å². The number of oxazole rings is 1. The predicted octanol–water partition coefficient (Wildman–Crippen LogP) is 4.57. The standard InChI is InChI=1S/C26H24N2O7S/c1-31-19-7-3-17(4-8-19)16-27-25-26(28-24(35-25)18-5-9-20(32-2)10-6-18)36(29,30)21-11-12-22-23(15-21)34-14-13-33-22/h3-12,15,27H,13-14,16H2,1-2H3. The minimum Gasteiger partial charge on any atom is -0.497 e. The molecular formula is C26H24N2O7S.